The Labute approximate surface area is 258 Å². The Morgan fingerprint density at radius 2 is 1.28 bits per heavy atom. The van der Waals surface area contributed by atoms with Crippen molar-refractivity contribution in [1.82, 2.24) is 0 Å². The lowest BCUT2D eigenvalue weighted by atomic mass is 9.70. The molecular formula is C43H44. The van der Waals surface area contributed by atoms with Crippen molar-refractivity contribution >= 4 is 22.4 Å². The number of allylic oxidation sites excluding steroid dienone is 7. The van der Waals surface area contributed by atoms with Crippen LogP contribution >= 0.6 is 0 Å². The van der Waals surface area contributed by atoms with Crippen LogP contribution in [0.5, 0.6) is 0 Å². The normalized spacial score (nSPS) is 19.2. The van der Waals surface area contributed by atoms with E-state index in [1.807, 2.05) is 0 Å². The predicted molar refractivity (Wildman–Crippen MR) is 188 cm³/mol. The molecular weight excluding hydrogens is 516 g/mol. The van der Waals surface area contributed by atoms with E-state index in [-0.39, 0.29) is 0 Å². The molecule has 4 aromatic rings. The quantitative estimate of drug-likeness (QED) is 0.234. The van der Waals surface area contributed by atoms with Gasteiger partial charge in [-0.15, -0.1) is 0 Å². The molecule has 0 amide bonds. The third-order valence-electron chi connectivity index (χ3n) is 10.3. The average molecular weight is 561 g/mol. The molecule has 0 heteroatoms. The van der Waals surface area contributed by atoms with E-state index in [2.05, 4.69) is 129 Å². The Hall–Kier alpha value is -3.90. The molecule has 0 N–H and O–H groups in total. The van der Waals surface area contributed by atoms with Gasteiger partial charge in [0.05, 0.1) is 0 Å². The number of benzene rings is 4. The van der Waals surface area contributed by atoms with Crippen LogP contribution in [0.1, 0.15) is 89.6 Å². The van der Waals surface area contributed by atoms with Crippen LogP contribution in [0.4, 0.5) is 0 Å². The summed E-state index contributed by atoms with van der Waals surface area (Å²) in [6.45, 7) is 20.6. The summed E-state index contributed by atoms with van der Waals surface area (Å²) >= 11 is 0. The Morgan fingerprint density at radius 1 is 0.674 bits per heavy atom. The van der Waals surface area contributed by atoms with Crippen LogP contribution in [-0.4, -0.2) is 0 Å². The molecule has 0 aromatic heterocycles. The van der Waals surface area contributed by atoms with Crippen molar-refractivity contribution in [2.45, 2.75) is 81.1 Å². The molecule has 7 rings (SSSR count). The molecule has 3 aliphatic rings. The minimum Gasteiger partial charge on any atom is -0.0778 e. The zero-order valence-electron chi connectivity index (χ0n) is 27.4. The van der Waals surface area contributed by atoms with Crippen molar-refractivity contribution in [3.8, 4) is 22.3 Å². The number of rotatable bonds is 3. The van der Waals surface area contributed by atoms with E-state index >= 15 is 0 Å². The molecule has 0 radical (unpaired) electrons. The Morgan fingerprint density at radius 3 is 1.88 bits per heavy atom. The molecule has 0 bridgehead atoms. The van der Waals surface area contributed by atoms with Crippen LogP contribution in [0.15, 0.2) is 77.4 Å². The van der Waals surface area contributed by atoms with Crippen LogP contribution in [0.3, 0.4) is 0 Å². The SMILES string of the molecule is CC1=CC(C)CC(C)=C1C1=CCC2C=Cc3c(-c4c(C)cc(C)cc4C)cc(-c4c(C)cc(C)cc4C)c4ccc1c2c34. The van der Waals surface area contributed by atoms with Gasteiger partial charge in [-0.3, -0.25) is 0 Å². The second kappa shape index (κ2) is 10.1. The second-order valence-corrected chi connectivity index (χ2v) is 13.9. The second-order valence-electron chi connectivity index (χ2n) is 13.9. The molecule has 43 heavy (non-hydrogen) atoms. The van der Waals surface area contributed by atoms with Crippen molar-refractivity contribution < 1.29 is 0 Å². The Balaban J connectivity index is 1.61. The molecule has 0 fully saturated rings. The minimum atomic E-state index is 0.408. The lowest BCUT2D eigenvalue weighted by Gasteiger charge is -2.33. The molecule has 0 saturated heterocycles. The summed E-state index contributed by atoms with van der Waals surface area (Å²) in [6, 6.07) is 16.8. The molecule has 216 valence electrons. The fraction of sp³-hybridized carbons (Fsp3) is 0.302. The van der Waals surface area contributed by atoms with Crippen LogP contribution in [-0.2, 0) is 0 Å². The number of hydrogen-bond donors (Lipinski definition) is 0. The van der Waals surface area contributed by atoms with Gasteiger partial charge in [0.2, 0.25) is 0 Å². The standard InChI is InChI=1S/C43H44/c1-23-16-26(4)39(27(5)17-23)33-12-10-32-11-13-35-37(40-28(6)18-24(2)19-29(40)7)22-38(36-15-14-34(33)42(32)43(35)36)41-30(8)20-25(3)21-31(41)9/h11-16,18-23,32H,10,17H2,1-9H3. The van der Waals surface area contributed by atoms with E-state index in [1.165, 1.54) is 105 Å². The van der Waals surface area contributed by atoms with E-state index in [9.17, 15) is 0 Å². The first-order chi connectivity index (χ1) is 20.5. The third-order valence-corrected chi connectivity index (χ3v) is 10.3. The van der Waals surface area contributed by atoms with Gasteiger partial charge < -0.3 is 0 Å². The van der Waals surface area contributed by atoms with Gasteiger partial charge in [0.1, 0.15) is 0 Å². The fourth-order valence-electron chi connectivity index (χ4n) is 9.01. The number of aryl methyl sites for hydroxylation is 6. The Bertz CT molecular complexity index is 1950. The van der Waals surface area contributed by atoms with Crippen LogP contribution in [0, 0.1) is 47.5 Å². The highest BCUT2D eigenvalue weighted by atomic mass is 14.3. The zero-order chi connectivity index (χ0) is 30.3. The molecule has 0 aliphatic heterocycles. The summed E-state index contributed by atoms with van der Waals surface area (Å²) in [5, 5.41) is 2.85. The van der Waals surface area contributed by atoms with Gasteiger partial charge >= 0.3 is 0 Å². The molecule has 2 unspecified atom stereocenters. The summed E-state index contributed by atoms with van der Waals surface area (Å²) < 4.78 is 0. The van der Waals surface area contributed by atoms with Crippen LogP contribution in [0.25, 0.3) is 44.7 Å². The highest BCUT2D eigenvalue weighted by Crippen LogP contribution is 2.52. The van der Waals surface area contributed by atoms with Crippen LogP contribution in [0.2, 0.25) is 0 Å². The van der Waals surface area contributed by atoms with Crippen molar-refractivity contribution in [3.05, 3.63) is 127 Å². The molecule has 0 spiro atoms. The van der Waals surface area contributed by atoms with Crippen molar-refractivity contribution in [3.63, 3.8) is 0 Å². The first-order valence-electron chi connectivity index (χ1n) is 16.1. The Kier molecular flexibility index (Phi) is 6.55. The van der Waals surface area contributed by atoms with Gasteiger partial charge in [-0.2, -0.15) is 0 Å². The highest BCUT2D eigenvalue weighted by Gasteiger charge is 2.31. The lowest BCUT2D eigenvalue weighted by Crippen LogP contribution is -2.14. The summed E-state index contributed by atoms with van der Waals surface area (Å²) in [5.41, 5.74) is 23.9. The van der Waals surface area contributed by atoms with E-state index in [0.29, 0.717) is 11.8 Å². The summed E-state index contributed by atoms with van der Waals surface area (Å²) in [4.78, 5) is 0. The van der Waals surface area contributed by atoms with E-state index in [4.69, 9.17) is 0 Å². The van der Waals surface area contributed by atoms with Gasteiger partial charge in [0.25, 0.3) is 0 Å². The van der Waals surface area contributed by atoms with Gasteiger partial charge in [0.15, 0.2) is 0 Å². The first kappa shape index (κ1) is 27.9. The minimum absolute atomic E-state index is 0.408. The maximum atomic E-state index is 2.54. The topological polar surface area (TPSA) is 0 Å². The summed E-state index contributed by atoms with van der Waals surface area (Å²) in [6.07, 6.45) is 12.2. The predicted octanol–water partition coefficient (Wildman–Crippen LogP) is 12.2. The zero-order valence-corrected chi connectivity index (χ0v) is 27.4. The molecule has 3 aliphatic carbocycles. The summed E-state index contributed by atoms with van der Waals surface area (Å²) in [7, 11) is 0. The molecule has 0 saturated carbocycles. The highest BCUT2D eigenvalue weighted by molar-refractivity contribution is 6.12. The lowest BCUT2D eigenvalue weighted by molar-refractivity contribution is 0.694. The molecule has 0 heterocycles. The maximum Gasteiger partial charge on any atom is 0.00686 e. The van der Waals surface area contributed by atoms with E-state index in [1.54, 1.807) is 0 Å². The van der Waals surface area contributed by atoms with E-state index < -0.39 is 0 Å². The smallest absolute Gasteiger partial charge is 0.00686 e. The first-order valence-corrected chi connectivity index (χ1v) is 16.1. The average Bonchev–Trinajstić information content (AvgIpc) is 2.91. The summed E-state index contributed by atoms with van der Waals surface area (Å²) in [5.74, 6) is 1.02. The monoisotopic (exact) mass is 560 g/mol. The molecule has 0 nitrogen and oxygen atoms in total. The third kappa shape index (κ3) is 4.33. The fourth-order valence-corrected chi connectivity index (χ4v) is 9.01. The van der Waals surface area contributed by atoms with Crippen molar-refractivity contribution in [2.75, 3.05) is 0 Å². The van der Waals surface area contributed by atoms with Crippen molar-refractivity contribution in [2.24, 2.45) is 5.92 Å². The van der Waals surface area contributed by atoms with Crippen LogP contribution < -0.4 is 0 Å². The maximum absolute atomic E-state index is 2.54. The van der Waals surface area contributed by atoms with Gasteiger partial charge in [-0.25, -0.2) is 0 Å². The van der Waals surface area contributed by atoms with Gasteiger partial charge in [-0.1, -0.05) is 84.3 Å². The largest absolute Gasteiger partial charge is 0.0778 e. The van der Waals surface area contributed by atoms with Crippen molar-refractivity contribution in [1.29, 1.82) is 0 Å². The van der Waals surface area contributed by atoms with Gasteiger partial charge in [0, 0.05) is 5.92 Å². The van der Waals surface area contributed by atoms with Gasteiger partial charge in [-0.05, 0) is 169 Å². The molecule has 4 aromatic carbocycles. The van der Waals surface area contributed by atoms with E-state index in [0.717, 1.165) is 12.8 Å². The molecule has 2 atom stereocenters. The number of hydrogen-bond acceptors (Lipinski definition) is 0.